The van der Waals surface area contributed by atoms with Crippen LogP contribution in [0.25, 0.3) is 0 Å². The molecule has 1 aromatic heterocycles. The van der Waals surface area contributed by atoms with Crippen molar-refractivity contribution in [1.29, 1.82) is 0 Å². The van der Waals surface area contributed by atoms with Crippen LogP contribution in [0, 0.1) is 0 Å². The molecule has 3 aliphatic rings. The molecule has 1 atom stereocenters. The van der Waals surface area contributed by atoms with Gasteiger partial charge in [0, 0.05) is 19.5 Å². The van der Waals surface area contributed by atoms with Gasteiger partial charge >= 0.3 is 0 Å². The van der Waals surface area contributed by atoms with Gasteiger partial charge in [0.1, 0.15) is 11.6 Å². The summed E-state index contributed by atoms with van der Waals surface area (Å²) in [6.45, 7) is 4.22. The van der Waals surface area contributed by atoms with E-state index in [4.69, 9.17) is 4.74 Å². The molecule has 1 aromatic rings. The molecule has 5 heteroatoms. The van der Waals surface area contributed by atoms with Crippen molar-refractivity contribution in [2.45, 2.75) is 95.7 Å². The summed E-state index contributed by atoms with van der Waals surface area (Å²) in [5.74, 6) is 2.44. The molecule has 0 aromatic carbocycles. The van der Waals surface area contributed by atoms with Gasteiger partial charge in [0.05, 0.1) is 18.8 Å². The third-order valence-electron chi connectivity index (χ3n) is 6.33. The van der Waals surface area contributed by atoms with E-state index >= 15 is 0 Å². The lowest BCUT2D eigenvalue weighted by molar-refractivity contribution is 0.0262. The van der Waals surface area contributed by atoms with E-state index in [-0.39, 0.29) is 0 Å². The number of hydrogen-bond donors (Lipinski definition) is 0. The van der Waals surface area contributed by atoms with E-state index in [9.17, 15) is 0 Å². The van der Waals surface area contributed by atoms with E-state index in [0.717, 1.165) is 26.1 Å². The normalized spacial score (nSPS) is 26.3. The van der Waals surface area contributed by atoms with Crippen molar-refractivity contribution in [3.05, 3.63) is 11.6 Å². The number of fused-ring (bicyclic) bond motifs is 1. The second-order valence-corrected chi connectivity index (χ2v) is 8.12. The molecule has 0 bridgehead atoms. The Balaban J connectivity index is 1.34. The smallest absolute Gasteiger partial charge is 0.150 e. The summed E-state index contributed by atoms with van der Waals surface area (Å²) in [6.07, 6.45) is 16.0. The summed E-state index contributed by atoms with van der Waals surface area (Å²) in [4.78, 5) is 2.60. The van der Waals surface area contributed by atoms with Gasteiger partial charge in [-0.2, -0.15) is 0 Å². The molecule has 0 unspecified atom stereocenters. The van der Waals surface area contributed by atoms with E-state index in [0.29, 0.717) is 12.1 Å². The average molecular weight is 347 g/mol. The van der Waals surface area contributed by atoms with Crippen LogP contribution in [-0.2, 0) is 17.7 Å². The lowest BCUT2D eigenvalue weighted by Crippen LogP contribution is -2.30. The highest BCUT2D eigenvalue weighted by Crippen LogP contribution is 2.32. The van der Waals surface area contributed by atoms with Crippen LogP contribution in [-0.4, -0.2) is 45.5 Å². The van der Waals surface area contributed by atoms with Gasteiger partial charge in [-0.3, -0.25) is 4.90 Å². The van der Waals surface area contributed by atoms with Gasteiger partial charge in [-0.1, -0.05) is 32.1 Å². The number of nitrogens with zero attached hydrogens (tertiary/aromatic N) is 4. The molecular formula is C20H34N4O. The van der Waals surface area contributed by atoms with Crippen LogP contribution in [0.2, 0.25) is 0 Å². The molecule has 0 N–H and O–H groups in total. The van der Waals surface area contributed by atoms with Crippen molar-refractivity contribution in [2.75, 3.05) is 19.7 Å². The van der Waals surface area contributed by atoms with Crippen LogP contribution < -0.4 is 0 Å². The summed E-state index contributed by atoms with van der Waals surface area (Å²) < 4.78 is 8.67. The minimum atomic E-state index is 0.456. The third-order valence-corrected chi connectivity index (χ3v) is 6.33. The maximum Gasteiger partial charge on any atom is 0.150 e. The van der Waals surface area contributed by atoms with Gasteiger partial charge in [-0.15, -0.1) is 10.2 Å². The second-order valence-electron chi connectivity index (χ2n) is 8.12. The summed E-state index contributed by atoms with van der Waals surface area (Å²) in [6, 6.07) is 0.456. The molecule has 0 amide bonds. The predicted molar refractivity (Wildman–Crippen MR) is 98.6 cm³/mol. The van der Waals surface area contributed by atoms with Crippen molar-refractivity contribution >= 4 is 0 Å². The molecule has 25 heavy (non-hydrogen) atoms. The molecule has 140 valence electrons. The quantitative estimate of drug-likeness (QED) is 0.759. The predicted octanol–water partition coefficient (Wildman–Crippen LogP) is 3.88. The molecule has 2 aliphatic heterocycles. The highest BCUT2D eigenvalue weighted by Gasteiger charge is 2.31. The Kier molecular flexibility index (Phi) is 6.03. The van der Waals surface area contributed by atoms with Crippen LogP contribution >= 0.6 is 0 Å². The fraction of sp³-hybridized carbons (Fsp3) is 0.900. The maximum atomic E-state index is 6.24. The molecule has 4 rings (SSSR count). The number of ether oxygens (including phenoxy) is 1. The topological polar surface area (TPSA) is 43.2 Å². The maximum absolute atomic E-state index is 6.24. The van der Waals surface area contributed by atoms with Crippen molar-refractivity contribution in [3.8, 4) is 0 Å². The van der Waals surface area contributed by atoms with E-state index in [1.807, 2.05) is 0 Å². The lowest BCUT2D eigenvalue weighted by atomic mass is 10.1. The molecule has 1 saturated carbocycles. The summed E-state index contributed by atoms with van der Waals surface area (Å²) in [5, 5.41) is 9.13. The molecule has 0 radical (unpaired) electrons. The molecule has 1 aliphatic carbocycles. The minimum Gasteiger partial charge on any atom is -0.377 e. The fourth-order valence-electron chi connectivity index (χ4n) is 4.89. The molecule has 1 saturated heterocycles. The van der Waals surface area contributed by atoms with Crippen molar-refractivity contribution in [3.63, 3.8) is 0 Å². The van der Waals surface area contributed by atoms with Crippen LogP contribution in [0.4, 0.5) is 0 Å². The zero-order chi connectivity index (χ0) is 16.9. The van der Waals surface area contributed by atoms with Crippen molar-refractivity contribution in [2.24, 2.45) is 0 Å². The van der Waals surface area contributed by atoms with E-state index in [2.05, 4.69) is 19.7 Å². The van der Waals surface area contributed by atoms with Crippen molar-refractivity contribution in [1.82, 2.24) is 19.7 Å². The van der Waals surface area contributed by atoms with Gasteiger partial charge < -0.3 is 9.30 Å². The third kappa shape index (κ3) is 4.25. The zero-order valence-corrected chi connectivity index (χ0v) is 15.7. The van der Waals surface area contributed by atoms with Gasteiger partial charge in [0.15, 0.2) is 0 Å². The Labute approximate surface area is 152 Å². The largest absolute Gasteiger partial charge is 0.377 e. The van der Waals surface area contributed by atoms with E-state index < -0.39 is 0 Å². The first kappa shape index (κ1) is 17.5. The Hall–Kier alpha value is -0.940. The SMILES string of the molecule is C1CCCC(OCCN2CCC[C@H]2c2nnc3n2CCCCC3)CC1. The number of aryl methyl sites for hydroxylation is 1. The van der Waals surface area contributed by atoms with Gasteiger partial charge in [0.25, 0.3) is 0 Å². The molecule has 3 heterocycles. The summed E-state index contributed by atoms with van der Waals surface area (Å²) in [5.41, 5.74) is 0. The van der Waals surface area contributed by atoms with Crippen molar-refractivity contribution < 1.29 is 4.74 Å². The van der Waals surface area contributed by atoms with Gasteiger partial charge in [-0.25, -0.2) is 0 Å². The standard InChI is InChI=1S/C20H34N4O/c1-2-5-10-17(9-4-1)25-16-15-23-13-8-11-18(23)20-22-21-19-12-6-3-7-14-24(19)20/h17-18H,1-16H2/t18-/m0/s1. The zero-order valence-electron chi connectivity index (χ0n) is 15.7. The minimum absolute atomic E-state index is 0.456. The van der Waals surface area contributed by atoms with E-state index in [1.54, 1.807) is 0 Å². The number of aromatic nitrogens is 3. The molecular weight excluding hydrogens is 312 g/mol. The first-order valence-electron chi connectivity index (χ1n) is 10.7. The van der Waals surface area contributed by atoms with Gasteiger partial charge in [-0.05, 0) is 45.1 Å². The Morgan fingerprint density at radius 3 is 2.56 bits per heavy atom. The monoisotopic (exact) mass is 346 g/mol. The highest BCUT2D eigenvalue weighted by atomic mass is 16.5. The van der Waals surface area contributed by atoms with Crippen LogP contribution in [0.1, 0.15) is 88.3 Å². The molecule has 0 spiro atoms. The van der Waals surface area contributed by atoms with Crippen LogP contribution in [0.15, 0.2) is 0 Å². The summed E-state index contributed by atoms with van der Waals surface area (Å²) in [7, 11) is 0. The average Bonchev–Trinajstić information content (AvgIpc) is 3.05. The van der Waals surface area contributed by atoms with Crippen LogP contribution in [0.5, 0.6) is 0 Å². The number of likely N-dealkylation sites (tertiary alicyclic amines) is 1. The van der Waals surface area contributed by atoms with Crippen LogP contribution in [0.3, 0.4) is 0 Å². The summed E-state index contributed by atoms with van der Waals surface area (Å²) >= 11 is 0. The van der Waals surface area contributed by atoms with E-state index in [1.165, 1.54) is 88.8 Å². The number of rotatable bonds is 5. The lowest BCUT2D eigenvalue weighted by Gasteiger charge is -2.25. The first-order valence-corrected chi connectivity index (χ1v) is 10.7. The fourth-order valence-corrected chi connectivity index (χ4v) is 4.89. The Bertz CT molecular complexity index is 536. The number of hydrogen-bond acceptors (Lipinski definition) is 4. The highest BCUT2D eigenvalue weighted by molar-refractivity contribution is 5.05. The Morgan fingerprint density at radius 1 is 0.840 bits per heavy atom. The Morgan fingerprint density at radius 2 is 1.68 bits per heavy atom. The second kappa shape index (κ2) is 8.63. The molecule has 2 fully saturated rings. The molecule has 5 nitrogen and oxygen atoms in total. The van der Waals surface area contributed by atoms with Gasteiger partial charge in [0.2, 0.25) is 0 Å². The first-order chi connectivity index (χ1) is 12.4.